The molecule has 2 aromatic carbocycles. The van der Waals surface area contributed by atoms with E-state index in [0.717, 1.165) is 23.5 Å². The molecule has 0 aliphatic heterocycles. The third-order valence-corrected chi connectivity index (χ3v) is 3.66. The van der Waals surface area contributed by atoms with Crippen molar-refractivity contribution in [3.05, 3.63) is 48.0 Å². The van der Waals surface area contributed by atoms with Gasteiger partial charge in [0.15, 0.2) is 17.5 Å². The van der Waals surface area contributed by atoms with Crippen molar-refractivity contribution < 1.29 is 14.3 Å². The van der Waals surface area contributed by atoms with Crippen LogP contribution in [0, 0.1) is 0 Å². The van der Waals surface area contributed by atoms with E-state index in [-0.39, 0.29) is 29.9 Å². The first kappa shape index (κ1) is 23.5. The van der Waals surface area contributed by atoms with Crippen LogP contribution in [0.15, 0.2) is 47.5 Å². The highest BCUT2D eigenvalue weighted by Crippen LogP contribution is 2.29. The van der Waals surface area contributed by atoms with Crippen LogP contribution in [0.1, 0.15) is 19.4 Å². The number of guanidine groups is 1. The molecule has 0 unspecified atom stereocenters. The van der Waals surface area contributed by atoms with Crippen molar-refractivity contribution in [2.24, 2.45) is 4.99 Å². The summed E-state index contributed by atoms with van der Waals surface area (Å²) in [4.78, 5) is 15.8. The summed E-state index contributed by atoms with van der Waals surface area (Å²) in [5.74, 6) is 1.86. The third-order valence-electron chi connectivity index (χ3n) is 3.66. The average Bonchev–Trinajstić information content (AvgIpc) is 2.66. The zero-order valence-electron chi connectivity index (χ0n) is 16.5. The number of ether oxygens (including phenoxy) is 2. The van der Waals surface area contributed by atoms with Gasteiger partial charge in [0.25, 0.3) is 0 Å². The average molecular weight is 498 g/mol. The van der Waals surface area contributed by atoms with Crippen LogP contribution in [0.4, 0.5) is 11.4 Å². The molecular formula is C20H27IN4O3. The van der Waals surface area contributed by atoms with Crippen molar-refractivity contribution in [3.8, 4) is 11.5 Å². The molecule has 0 aliphatic carbocycles. The number of carbonyl (C=O) groups is 1. The Bertz CT molecular complexity index is 812. The monoisotopic (exact) mass is 498 g/mol. The van der Waals surface area contributed by atoms with Crippen molar-refractivity contribution in [2.45, 2.75) is 20.4 Å². The molecule has 0 saturated carbocycles. The number of nitrogens with zero attached hydrogens (tertiary/aromatic N) is 1. The van der Waals surface area contributed by atoms with E-state index in [1.165, 1.54) is 6.92 Å². The smallest absolute Gasteiger partial charge is 0.221 e. The molecule has 2 aromatic rings. The molecule has 0 saturated heterocycles. The van der Waals surface area contributed by atoms with Crippen LogP contribution in [0.25, 0.3) is 0 Å². The second kappa shape index (κ2) is 12.1. The van der Waals surface area contributed by atoms with E-state index in [4.69, 9.17) is 9.47 Å². The molecule has 0 radical (unpaired) electrons. The second-order valence-corrected chi connectivity index (χ2v) is 5.77. The minimum absolute atomic E-state index is 0. The summed E-state index contributed by atoms with van der Waals surface area (Å²) in [5.41, 5.74) is 2.58. The molecule has 0 aromatic heterocycles. The Morgan fingerprint density at radius 3 is 2.36 bits per heavy atom. The van der Waals surface area contributed by atoms with Crippen LogP contribution in [0.5, 0.6) is 11.5 Å². The number of benzene rings is 2. The van der Waals surface area contributed by atoms with E-state index in [1.54, 1.807) is 14.2 Å². The molecule has 0 aliphatic rings. The number of rotatable bonds is 7. The number of amides is 1. The van der Waals surface area contributed by atoms with Gasteiger partial charge in [0.05, 0.1) is 20.8 Å². The SMILES string of the molecule is CCNC(=NCc1cccc(NC(C)=O)c1)Nc1ccc(OC)c(OC)c1.I. The van der Waals surface area contributed by atoms with Crippen molar-refractivity contribution in [1.82, 2.24) is 5.32 Å². The van der Waals surface area contributed by atoms with Crippen molar-refractivity contribution in [3.63, 3.8) is 0 Å². The van der Waals surface area contributed by atoms with Gasteiger partial charge >= 0.3 is 0 Å². The molecule has 152 valence electrons. The lowest BCUT2D eigenvalue weighted by molar-refractivity contribution is -0.114. The van der Waals surface area contributed by atoms with Gasteiger partial charge in [-0.05, 0) is 36.8 Å². The van der Waals surface area contributed by atoms with E-state index in [1.807, 2.05) is 49.4 Å². The maximum Gasteiger partial charge on any atom is 0.221 e. The molecule has 1 amide bonds. The number of hydrogen-bond donors (Lipinski definition) is 3. The number of carbonyl (C=O) groups excluding carboxylic acids is 1. The van der Waals surface area contributed by atoms with Gasteiger partial charge < -0.3 is 25.4 Å². The van der Waals surface area contributed by atoms with E-state index < -0.39 is 0 Å². The van der Waals surface area contributed by atoms with Crippen LogP contribution in [-0.2, 0) is 11.3 Å². The molecule has 0 atom stereocenters. The van der Waals surface area contributed by atoms with Gasteiger partial charge in [0.2, 0.25) is 5.91 Å². The van der Waals surface area contributed by atoms with Gasteiger partial charge in [-0.3, -0.25) is 4.79 Å². The van der Waals surface area contributed by atoms with Gasteiger partial charge in [0, 0.05) is 30.9 Å². The summed E-state index contributed by atoms with van der Waals surface area (Å²) >= 11 is 0. The second-order valence-electron chi connectivity index (χ2n) is 5.77. The highest BCUT2D eigenvalue weighted by atomic mass is 127. The van der Waals surface area contributed by atoms with Crippen molar-refractivity contribution >= 4 is 47.2 Å². The van der Waals surface area contributed by atoms with E-state index in [9.17, 15) is 4.79 Å². The Morgan fingerprint density at radius 1 is 1.00 bits per heavy atom. The Balaban J connectivity index is 0.00000392. The summed E-state index contributed by atoms with van der Waals surface area (Å²) in [6.07, 6.45) is 0. The highest BCUT2D eigenvalue weighted by Gasteiger charge is 2.06. The number of anilines is 2. The zero-order chi connectivity index (χ0) is 19.6. The summed E-state index contributed by atoms with van der Waals surface area (Å²) in [6, 6.07) is 13.2. The third kappa shape index (κ3) is 7.26. The molecular weight excluding hydrogens is 471 g/mol. The number of methoxy groups -OCH3 is 2. The molecule has 2 rings (SSSR count). The number of halogens is 1. The molecule has 28 heavy (non-hydrogen) atoms. The lowest BCUT2D eigenvalue weighted by atomic mass is 10.2. The van der Waals surface area contributed by atoms with E-state index in [0.29, 0.717) is 24.0 Å². The van der Waals surface area contributed by atoms with Crippen molar-refractivity contribution in [1.29, 1.82) is 0 Å². The predicted octanol–water partition coefficient (Wildman–Crippen LogP) is 3.86. The fourth-order valence-corrected chi connectivity index (χ4v) is 2.48. The fraction of sp³-hybridized carbons (Fsp3) is 0.300. The van der Waals surface area contributed by atoms with Crippen LogP contribution < -0.4 is 25.4 Å². The molecule has 0 spiro atoms. The zero-order valence-corrected chi connectivity index (χ0v) is 18.9. The molecule has 0 bridgehead atoms. The largest absolute Gasteiger partial charge is 0.493 e. The first-order chi connectivity index (χ1) is 13.0. The first-order valence-corrected chi connectivity index (χ1v) is 8.69. The minimum atomic E-state index is -0.0980. The normalized spacial score (nSPS) is 10.5. The summed E-state index contributed by atoms with van der Waals surface area (Å²) in [7, 11) is 3.20. The molecule has 0 heterocycles. The Hall–Kier alpha value is -2.49. The van der Waals surface area contributed by atoms with Gasteiger partial charge in [-0.15, -0.1) is 24.0 Å². The first-order valence-electron chi connectivity index (χ1n) is 8.69. The molecule has 3 N–H and O–H groups in total. The highest BCUT2D eigenvalue weighted by molar-refractivity contribution is 14.0. The van der Waals surface area contributed by atoms with Gasteiger partial charge in [-0.2, -0.15) is 0 Å². The van der Waals surface area contributed by atoms with Crippen molar-refractivity contribution in [2.75, 3.05) is 31.4 Å². The topological polar surface area (TPSA) is 84.0 Å². The van der Waals surface area contributed by atoms with Crippen LogP contribution in [0.3, 0.4) is 0 Å². The standard InChI is InChI=1S/C20H26N4O3.HI/c1-5-21-20(24-17-9-10-18(26-3)19(12-17)27-4)22-13-15-7-6-8-16(11-15)23-14(2)25;/h6-12H,5,13H2,1-4H3,(H,23,25)(H2,21,22,24);1H. The Morgan fingerprint density at radius 2 is 1.71 bits per heavy atom. The van der Waals surface area contributed by atoms with Crippen LogP contribution >= 0.6 is 24.0 Å². The number of nitrogens with one attached hydrogen (secondary N) is 3. The van der Waals surface area contributed by atoms with Gasteiger partial charge in [-0.25, -0.2) is 4.99 Å². The Kier molecular flexibility index (Phi) is 10.1. The quantitative estimate of drug-likeness (QED) is 0.307. The maximum absolute atomic E-state index is 11.2. The lowest BCUT2D eigenvalue weighted by Gasteiger charge is -2.14. The summed E-state index contributed by atoms with van der Waals surface area (Å²) < 4.78 is 10.6. The van der Waals surface area contributed by atoms with Gasteiger partial charge in [-0.1, -0.05) is 12.1 Å². The Labute approximate surface area is 182 Å². The van der Waals surface area contributed by atoms with E-state index >= 15 is 0 Å². The molecule has 0 fully saturated rings. The van der Waals surface area contributed by atoms with Crippen LogP contribution in [0.2, 0.25) is 0 Å². The minimum Gasteiger partial charge on any atom is -0.493 e. The fourth-order valence-electron chi connectivity index (χ4n) is 2.48. The molecule has 8 heteroatoms. The van der Waals surface area contributed by atoms with Crippen LogP contribution in [-0.4, -0.2) is 32.6 Å². The number of hydrogen-bond acceptors (Lipinski definition) is 4. The number of aliphatic imine (C=N–C) groups is 1. The predicted molar refractivity (Wildman–Crippen MR) is 124 cm³/mol. The maximum atomic E-state index is 11.2. The van der Waals surface area contributed by atoms with E-state index in [2.05, 4.69) is 20.9 Å². The molecule has 7 nitrogen and oxygen atoms in total. The van der Waals surface area contributed by atoms with Gasteiger partial charge in [0.1, 0.15) is 0 Å². The summed E-state index contributed by atoms with van der Waals surface area (Å²) in [6.45, 7) is 4.69. The summed E-state index contributed by atoms with van der Waals surface area (Å²) in [5, 5.41) is 9.24. The lowest BCUT2D eigenvalue weighted by Crippen LogP contribution is -2.30.